The number of likely N-dealkylation sites (tertiary alicyclic amines) is 1. The van der Waals surface area contributed by atoms with E-state index in [-0.39, 0.29) is 18.3 Å². The molecular formula is C22H31ClN4O2. The van der Waals surface area contributed by atoms with Crippen molar-refractivity contribution in [2.75, 3.05) is 19.6 Å². The number of aromatic nitrogens is 1. The van der Waals surface area contributed by atoms with Gasteiger partial charge in [0.25, 0.3) is 0 Å². The topological polar surface area (TPSA) is 80.5 Å². The van der Waals surface area contributed by atoms with Gasteiger partial charge in [-0.3, -0.25) is 14.7 Å². The summed E-state index contributed by atoms with van der Waals surface area (Å²) in [5.41, 5.74) is 7.82. The Bertz CT molecular complexity index is 773. The van der Waals surface area contributed by atoms with E-state index in [0.717, 1.165) is 36.6 Å². The van der Waals surface area contributed by atoms with Crippen LogP contribution in [-0.4, -0.2) is 41.5 Å². The number of pyridine rings is 1. The molecule has 1 unspecified atom stereocenters. The second-order valence-corrected chi connectivity index (χ2v) is 7.35. The van der Waals surface area contributed by atoms with Crippen LogP contribution >= 0.6 is 12.4 Å². The van der Waals surface area contributed by atoms with Gasteiger partial charge in [0.05, 0.1) is 6.20 Å². The lowest BCUT2D eigenvalue weighted by molar-refractivity contribution is -0.121. The largest absolute Gasteiger partial charge is 0.455 e. The van der Waals surface area contributed by atoms with Crippen LogP contribution in [0.15, 0.2) is 42.7 Å². The molecular weight excluding hydrogens is 388 g/mol. The molecule has 2 aromatic rings. The first-order chi connectivity index (χ1) is 13.7. The molecule has 0 spiro atoms. The highest BCUT2D eigenvalue weighted by Gasteiger charge is 2.23. The zero-order valence-corrected chi connectivity index (χ0v) is 17.8. The average Bonchev–Trinajstić information content (AvgIpc) is 2.70. The van der Waals surface area contributed by atoms with Gasteiger partial charge in [-0.25, -0.2) is 0 Å². The van der Waals surface area contributed by atoms with Crippen LogP contribution in [0, 0.1) is 6.92 Å². The van der Waals surface area contributed by atoms with Crippen molar-refractivity contribution in [3.05, 3.63) is 53.9 Å². The monoisotopic (exact) mass is 418 g/mol. The van der Waals surface area contributed by atoms with Crippen molar-refractivity contribution in [1.29, 1.82) is 0 Å². The molecule has 2 heterocycles. The van der Waals surface area contributed by atoms with Gasteiger partial charge in [-0.2, -0.15) is 0 Å². The fourth-order valence-electron chi connectivity index (χ4n) is 3.64. The number of hydrogen-bond donors (Lipinski definition) is 2. The molecule has 1 saturated heterocycles. The first-order valence-electron chi connectivity index (χ1n) is 10.0. The van der Waals surface area contributed by atoms with Gasteiger partial charge in [-0.05, 0) is 55.6 Å². The number of aryl methyl sites for hydroxylation is 1. The molecule has 6 nitrogen and oxygen atoms in total. The van der Waals surface area contributed by atoms with Crippen molar-refractivity contribution in [2.45, 2.75) is 45.2 Å². The Morgan fingerprint density at radius 3 is 2.93 bits per heavy atom. The number of nitrogens with zero attached hydrogens (tertiary/aromatic N) is 2. The summed E-state index contributed by atoms with van der Waals surface area (Å²) >= 11 is 0. The molecule has 0 radical (unpaired) electrons. The van der Waals surface area contributed by atoms with Crippen molar-refractivity contribution in [3.63, 3.8) is 0 Å². The average molecular weight is 419 g/mol. The number of amides is 1. The van der Waals surface area contributed by atoms with Crippen LogP contribution in [-0.2, 0) is 11.3 Å². The minimum absolute atomic E-state index is 0. The minimum Gasteiger partial charge on any atom is -0.455 e. The molecule has 1 fully saturated rings. The molecule has 1 aromatic carbocycles. The molecule has 0 aliphatic carbocycles. The summed E-state index contributed by atoms with van der Waals surface area (Å²) in [5.74, 6) is 1.63. The Kier molecular flexibility index (Phi) is 9.38. The molecule has 1 amide bonds. The second kappa shape index (κ2) is 11.8. The van der Waals surface area contributed by atoms with Crippen LogP contribution in [0.25, 0.3) is 0 Å². The van der Waals surface area contributed by atoms with E-state index in [1.807, 2.05) is 18.2 Å². The predicted octanol–water partition coefficient (Wildman–Crippen LogP) is 3.42. The normalized spacial score (nSPS) is 16.7. The standard InChI is InChI=1S/C22H30N4O2.ClH/c1-17-13-18(7-8-21(17)28-20-6-4-11-24-15-20)16-26-12-3-2-5-19(26)14-25-22(27)9-10-23;/h4,6-8,11,13,15,19H,2-3,5,9-10,12,14,16,23H2,1H3,(H,25,27);1H. The lowest BCUT2D eigenvalue weighted by atomic mass is 10.0. The van der Waals surface area contributed by atoms with Crippen molar-refractivity contribution in [2.24, 2.45) is 5.73 Å². The van der Waals surface area contributed by atoms with Crippen molar-refractivity contribution in [3.8, 4) is 11.5 Å². The lowest BCUT2D eigenvalue weighted by Crippen LogP contribution is -2.46. The number of piperidine rings is 1. The fourth-order valence-corrected chi connectivity index (χ4v) is 3.64. The Hall–Kier alpha value is -2.15. The molecule has 3 N–H and O–H groups in total. The molecule has 1 atom stereocenters. The van der Waals surface area contributed by atoms with E-state index in [1.54, 1.807) is 12.4 Å². The zero-order valence-electron chi connectivity index (χ0n) is 17.0. The van der Waals surface area contributed by atoms with E-state index in [9.17, 15) is 4.79 Å². The van der Waals surface area contributed by atoms with Crippen LogP contribution in [0.5, 0.6) is 11.5 Å². The number of ether oxygens (including phenoxy) is 1. The molecule has 1 aliphatic heterocycles. The molecule has 29 heavy (non-hydrogen) atoms. The van der Waals surface area contributed by atoms with Gasteiger partial charge in [0.2, 0.25) is 5.91 Å². The molecule has 1 aromatic heterocycles. The number of carbonyl (C=O) groups is 1. The quantitative estimate of drug-likeness (QED) is 0.686. The lowest BCUT2D eigenvalue weighted by Gasteiger charge is -2.36. The summed E-state index contributed by atoms with van der Waals surface area (Å²) in [6, 6.07) is 10.5. The Morgan fingerprint density at radius 2 is 2.21 bits per heavy atom. The van der Waals surface area contributed by atoms with Crippen LogP contribution in [0.4, 0.5) is 0 Å². The van der Waals surface area contributed by atoms with Crippen LogP contribution in [0.1, 0.15) is 36.8 Å². The summed E-state index contributed by atoms with van der Waals surface area (Å²) in [6.45, 7) is 5.10. The summed E-state index contributed by atoms with van der Waals surface area (Å²) in [4.78, 5) is 18.3. The molecule has 158 valence electrons. The maximum absolute atomic E-state index is 11.8. The van der Waals surface area contributed by atoms with Gasteiger partial charge in [0, 0.05) is 38.3 Å². The molecule has 0 saturated carbocycles. The maximum Gasteiger partial charge on any atom is 0.221 e. The molecule has 1 aliphatic rings. The van der Waals surface area contributed by atoms with Crippen molar-refractivity contribution < 1.29 is 9.53 Å². The number of rotatable bonds is 8. The van der Waals surface area contributed by atoms with Gasteiger partial charge in [0.15, 0.2) is 0 Å². The molecule has 0 bridgehead atoms. The minimum atomic E-state index is 0. The third-order valence-corrected chi connectivity index (χ3v) is 5.14. The molecule has 3 rings (SSSR count). The van der Waals surface area contributed by atoms with E-state index in [0.29, 0.717) is 25.6 Å². The highest BCUT2D eigenvalue weighted by Crippen LogP contribution is 2.26. The van der Waals surface area contributed by atoms with Gasteiger partial charge >= 0.3 is 0 Å². The first kappa shape index (κ1) is 23.1. The molecule has 7 heteroatoms. The summed E-state index contributed by atoms with van der Waals surface area (Å²) in [7, 11) is 0. The number of benzene rings is 1. The van der Waals surface area contributed by atoms with Gasteiger partial charge < -0.3 is 15.8 Å². The summed E-state index contributed by atoms with van der Waals surface area (Å²) in [6.07, 6.45) is 7.37. The maximum atomic E-state index is 11.8. The third-order valence-electron chi connectivity index (χ3n) is 5.14. The van der Waals surface area contributed by atoms with E-state index in [1.165, 1.54) is 18.4 Å². The van der Waals surface area contributed by atoms with Gasteiger partial charge in [0.1, 0.15) is 11.5 Å². The highest BCUT2D eigenvalue weighted by molar-refractivity contribution is 5.85. The van der Waals surface area contributed by atoms with Crippen LogP contribution in [0.3, 0.4) is 0 Å². The van der Waals surface area contributed by atoms with E-state index < -0.39 is 0 Å². The van der Waals surface area contributed by atoms with Crippen molar-refractivity contribution in [1.82, 2.24) is 15.2 Å². The van der Waals surface area contributed by atoms with E-state index in [2.05, 4.69) is 34.3 Å². The smallest absolute Gasteiger partial charge is 0.221 e. The third kappa shape index (κ3) is 6.99. The zero-order chi connectivity index (χ0) is 19.8. The van der Waals surface area contributed by atoms with Gasteiger partial charge in [-0.1, -0.05) is 18.6 Å². The Labute approximate surface area is 179 Å². The second-order valence-electron chi connectivity index (χ2n) is 7.35. The van der Waals surface area contributed by atoms with Crippen LogP contribution in [0.2, 0.25) is 0 Å². The number of nitrogens with one attached hydrogen (secondary N) is 1. The fraction of sp³-hybridized carbons (Fsp3) is 0.455. The van der Waals surface area contributed by atoms with E-state index in [4.69, 9.17) is 10.5 Å². The number of nitrogens with two attached hydrogens (primary N) is 1. The van der Waals surface area contributed by atoms with Crippen molar-refractivity contribution >= 4 is 18.3 Å². The first-order valence-corrected chi connectivity index (χ1v) is 10.0. The SMILES string of the molecule is Cc1cc(CN2CCCCC2CNC(=O)CCN)ccc1Oc1cccnc1.Cl. The summed E-state index contributed by atoms with van der Waals surface area (Å²) in [5, 5.41) is 3.03. The highest BCUT2D eigenvalue weighted by atomic mass is 35.5. The number of halogens is 1. The Balaban J connectivity index is 0.00000300. The predicted molar refractivity (Wildman–Crippen MR) is 117 cm³/mol. The van der Waals surface area contributed by atoms with Gasteiger partial charge in [-0.15, -0.1) is 12.4 Å². The number of hydrogen-bond acceptors (Lipinski definition) is 5. The van der Waals surface area contributed by atoms with E-state index >= 15 is 0 Å². The van der Waals surface area contributed by atoms with Crippen LogP contribution < -0.4 is 15.8 Å². The summed E-state index contributed by atoms with van der Waals surface area (Å²) < 4.78 is 5.93. The Morgan fingerprint density at radius 1 is 1.34 bits per heavy atom. The number of carbonyl (C=O) groups excluding carboxylic acids is 1.